The Morgan fingerprint density at radius 2 is 1.83 bits per heavy atom. The van der Waals surface area contributed by atoms with Gasteiger partial charge in [-0.2, -0.15) is 0 Å². The second-order valence-corrected chi connectivity index (χ2v) is 6.81. The van der Waals surface area contributed by atoms with Gasteiger partial charge in [0.1, 0.15) is 28.4 Å². The summed E-state index contributed by atoms with van der Waals surface area (Å²) in [6, 6.07) is 11.8. The molecular formula is C22H23NO6. The first-order chi connectivity index (χ1) is 14.1. The average Bonchev–Trinajstić information content (AvgIpc) is 2.77. The molecule has 29 heavy (non-hydrogen) atoms. The highest BCUT2D eigenvalue weighted by Gasteiger charge is 2.33. The van der Waals surface area contributed by atoms with Crippen molar-refractivity contribution in [2.24, 2.45) is 0 Å². The van der Waals surface area contributed by atoms with Gasteiger partial charge in [-0.15, -0.1) is 0 Å². The minimum Gasteiger partial charge on any atom is -0.507 e. The first-order valence-corrected chi connectivity index (χ1v) is 9.42. The van der Waals surface area contributed by atoms with Gasteiger partial charge in [0.15, 0.2) is 0 Å². The molecule has 7 nitrogen and oxygen atoms in total. The molecule has 0 saturated carbocycles. The summed E-state index contributed by atoms with van der Waals surface area (Å²) in [5.74, 6) is 1.13. The second-order valence-electron chi connectivity index (χ2n) is 6.81. The van der Waals surface area contributed by atoms with E-state index in [9.17, 15) is 9.90 Å². The Bertz CT molecular complexity index is 1070. The van der Waals surface area contributed by atoms with Crippen molar-refractivity contribution in [1.29, 1.82) is 0 Å². The quantitative estimate of drug-likeness (QED) is 0.663. The number of benzene rings is 2. The summed E-state index contributed by atoms with van der Waals surface area (Å²) in [6.45, 7) is 2.28. The monoisotopic (exact) mass is 397 g/mol. The number of methoxy groups -OCH3 is 2. The molecule has 0 spiro atoms. The van der Waals surface area contributed by atoms with Gasteiger partial charge in [0.2, 0.25) is 0 Å². The summed E-state index contributed by atoms with van der Waals surface area (Å²) in [4.78, 5) is 15.1. The lowest BCUT2D eigenvalue weighted by Gasteiger charge is -2.35. The van der Waals surface area contributed by atoms with Crippen LogP contribution in [0.4, 0.5) is 0 Å². The Morgan fingerprint density at radius 3 is 2.55 bits per heavy atom. The molecule has 0 radical (unpaired) electrons. The molecule has 2 aromatic carbocycles. The average molecular weight is 397 g/mol. The third-order valence-corrected chi connectivity index (χ3v) is 5.24. The Balaban J connectivity index is 1.95. The zero-order valence-corrected chi connectivity index (χ0v) is 16.4. The van der Waals surface area contributed by atoms with Crippen molar-refractivity contribution < 1.29 is 23.7 Å². The van der Waals surface area contributed by atoms with Crippen LogP contribution in [0.2, 0.25) is 0 Å². The van der Waals surface area contributed by atoms with Crippen molar-refractivity contribution in [2.45, 2.75) is 6.04 Å². The van der Waals surface area contributed by atoms with E-state index < -0.39 is 11.7 Å². The number of para-hydroxylation sites is 1. The molecule has 1 atom stereocenters. The van der Waals surface area contributed by atoms with Crippen molar-refractivity contribution in [3.8, 4) is 17.2 Å². The molecule has 0 unspecified atom stereocenters. The fraction of sp³-hybridized carbons (Fsp3) is 0.318. The highest BCUT2D eigenvalue weighted by Crippen LogP contribution is 2.40. The summed E-state index contributed by atoms with van der Waals surface area (Å²) >= 11 is 0. The van der Waals surface area contributed by atoms with Crippen molar-refractivity contribution in [3.05, 3.63) is 64.0 Å². The first kappa shape index (κ1) is 19.3. The van der Waals surface area contributed by atoms with Gasteiger partial charge in [-0.25, -0.2) is 4.79 Å². The molecule has 1 aliphatic rings. The summed E-state index contributed by atoms with van der Waals surface area (Å²) in [7, 11) is 3.15. The number of aromatic hydroxyl groups is 1. The number of hydrogen-bond donors (Lipinski definition) is 1. The third kappa shape index (κ3) is 3.54. The predicted molar refractivity (Wildman–Crippen MR) is 108 cm³/mol. The van der Waals surface area contributed by atoms with E-state index in [4.69, 9.17) is 18.6 Å². The van der Waals surface area contributed by atoms with E-state index >= 15 is 0 Å². The van der Waals surface area contributed by atoms with Crippen molar-refractivity contribution in [1.82, 2.24) is 4.90 Å². The minimum absolute atomic E-state index is 0.0776. The molecule has 3 aromatic rings. The fourth-order valence-corrected chi connectivity index (χ4v) is 3.80. The van der Waals surface area contributed by atoms with Crippen molar-refractivity contribution in [3.63, 3.8) is 0 Å². The lowest BCUT2D eigenvalue weighted by molar-refractivity contribution is 0.0226. The van der Waals surface area contributed by atoms with Crippen LogP contribution < -0.4 is 15.1 Å². The molecule has 4 rings (SSSR count). The third-order valence-electron chi connectivity index (χ3n) is 5.24. The molecule has 0 aliphatic carbocycles. The lowest BCUT2D eigenvalue weighted by Crippen LogP contribution is -2.41. The van der Waals surface area contributed by atoms with Crippen molar-refractivity contribution in [2.75, 3.05) is 40.5 Å². The molecule has 1 N–H and O–H groups in total. The van der Waals surface area contributed by atoms with E-state index in [1.54, 1.807) is 44.6 Å². The fourth-order valence-electron chi connectivity index (χ4n) is 3.80. The maximum absolute atomic E-state index is 13.0. The summed E-state index contributed by atoms with van der Waals surface area (Å²) in [6.07, 6.45) is 0. The molecule has 152 valence electrons. The smallest absolute Gasteiger partial charge is 0.345 e. The van der Waals surface area contributed by atoms with Gasteiger partial charge in [-0.05, 0) is 24.3 Å². The topological polar surface area (TPSA) is 81.4 Å². The van der Waals surface area contributed by atoms with Gasteiger partial charge >= 0.3 is 5.63 Å². The standard InChI is InChI=1S/C22H23NO6/c1-26-14-7-8-15(18(13-14)27-2)20(23-9-11-28-12-10-23)19-21(24)16-5-3-4-6-17(16)29-22(19)25/h3-8,13,20,24H,9-12H2,1-2H3/t20-/m0/s1. The molecule has 2 heterocycles. The Kier molecular flexibility index (Phi) is 5.42. The number of morpholine rings is 1. The summed E-state index contributed by atoms with van der Waals surface area (Å²) < 4.78 is 21.9. The van der Waals surface area contributed by atoms with Crippen LogP contribution in [0.5, 0.6) is 17.2 Å². The van der Waals surface area contributed by atoms with E-state index in [-0.39, 0.29) is 11.3 Å². The van der Waals surface area contributed by atoms with Crippen LogP contribution in [0.1, 0.15) is 17.2 Å². The highest BCUT2D eigenvalue weighted by molar-refractivity contribution is 5.84. The van der Waals surface area contributed by atoms with Gasteiger partial charge in [-0.1, -0.05) is 12.1 Å². The molecule has 0 bridgehead atoms. The van der Waals surface area contributed by atoms with E-state index in [0.717, 1.165) is 5.56 Å². The van der Waals surface area contributed by atoms with Crippen LogP contribution in [-0.4, -0.2) is 50.5 Å². The molecule has 1 aliphatic heterocycles. The number of fused-ring (bicyclic) bond motifs is 1. The van der Waals surface area contributed by atoms with E-state index in [0.29, 0.717) is 48.8 Å². The van der Waals surface area contributed by atoms with E-state index in [2.05, 4.69) is 4.90 Å². The van der Waals surface area contributed by atoms with Gasteiger partial charge in [-0.3, -0.25) is 4.90 Å². The van der Waals surface area contributed by atoms with Crippen LogP contribution in [0.25, 0.3) is 11.0 Å². The van der Waals surface area contributed by atoms with Gasteiger partial charge in [0.25, 0.3) is 0 Å². The van der Waals surface area contributed by atoms with E-state index in [1.165, 1.54) is 0 Å². The minimum atomic E-state index is -0.574. The van der Waals surface area contributed by atoms with Gasteiger partial charge in [0.05, 0.1) is 38.9 Å². The van der Waals surface area contributed by atoms with E-state index in [1.807, 2.05) is 12.1 Å². The molecular weight excluding hydrogens is 374 g/mol. The zero-order chi connectivity index (χ0) is 20.4. The summed E-state index contributed by atoms with van der Waals surface area (Å²) in [5.41, 5.74) is 0.707. The Labute approximate surface area is 168 Å². The van der Waals surface area contributed by atoms with Crippen LogP contribution in [-0.2, 0) is 4.74 Å². The molecule has 1 aromatic heterocycles. The molecule has 7 heteroatoms. The maximum atomic E-state index is 13.0. The Morgan fingerprint density at radius 1 is 1.07 bits per heavy atom. The zero-order valence-electron chi connectivity index (χ0n) is 16.4. The largest absolute Gasteiger partial charge is 0.507 e. The number of nitrogens with zero attached hydrogens (tertiary/aromatic N) is 1. The maximum Gasteiger partial charge on any atom is 0.345 e. The summed E-state index contributed by atoms with van der Waals surface area (Å²) in [5, 5.41) is 11.6. The van der Waals surface area contributed by atoms with Crippen molar-refractivity contribution >= 4 is 11.0 Å². The molecule has 1 saturated heterocycles. The first-order valence-electron chi connectivity index (χ1n) is 9.42. The normalized spacial score (nSPS) is 15.9. The van der Waals surface area contributed by atoms with Crippen LogP contribution >= 0.6 is 0 Å². The van der Waals surface area contributed by atoms with Crippen LogP contribution in [0, 0.1) is 0 Å². The van der Waals surface area contributed by atoms with Crippen LogP contribution in [0.15, 0.2) is 51.7 Å². The molecule has 1 fully saturated rings. The number of ether oxygens (including phenoxy) is 3. The van der Waals surface area contributed by atoms with Gasteiger partial charge < -0.3 is 23.7 Å². The number of hydrogen-bond acceptors (Lipinski definition) is 7. The second kappa shape index (κ2) is 8.14. The molecule has 0 amide bonds. The Hall–Kier alpha value is -3.03. The van der Waals surface area contributed by atoms with Crippen LogP contribution in [0.3, 0.4) is 0 Å². The predicted octanol–water partition coefficient (Wildman–Crippen LogP) is 2.94. The SMILES string of the molecule is COc1ccc([C@@H](c2c(O)c3ccccc3oc2=O)N2CCOCC2)c(OC)c1. The van der Waals surface area contributed by atoms with Gasteiger partial charge in [0, 0.05) is 24.7 Å². The lowest BCUT2D eigenvalue weighted by atomic mass is 9.95. The number of rotatable bonds is 5. The highest BCUT2D eigenvalue weighted by atomic mass is 16.5.